The lowest BCUT2D eigenvalue weighted by molar-refractivity contribution is -0.120. The zero-order valence-corrected chi connectivity index (χ0v) is 11.7. The monoisotopic (exact) mass is 274 g/mol. The van der Waals surface area contributed by atoms with E-state index in [-0.39, 0.29) is 5.91 Å². The standard InChI is InChI=1S/C15H18N2O3/c1-3-15(18)16-8-7-12-10-14(20-17-12)11-5-4-6-13(9-11)19-2/h4-6,9-10H,3,7-8H2,1-2H3,(H,16,18). The smallest absolute Gasteiger partial charge is 0.219 e. The van der Waals surface area contributed by atoms with Crippen LogP contribution in [0.1, 0.15) is 19.0 Å². The first kappa shape index (κ1) is 14.1. The van der Waals surface area contributed by atoms with Crippen molar-refractivity contribution in [3.8, 4) is 17.1 Å². The van der Waals surface area contributed by atoms with Crippen molar-refractivity contribution in [2.24, 2.45) is 0 Å². The van der Waals surface area contributed by atoms with Crippen LogP contribution in [-0.2, 0) is 11.2 Å². The van der Waals surface area contributed by atoms with Gasteiger partial charge in [0.2, 0.25) is 5.91 Å². The van der Waals surface area contributed by atoms with E-state index in [4.69, 9.17) is 9.26 Å². The van der Waals surface area contributed by atoms with Gasteiger partial charge < -0.3 is 14.6 Å². The highest BCUT2D eigenvalue weighted by Crippen LogP contribution is 2.24. The van der Waals surface area contributed by atoms with Crippen LogP contribution in [0.2, 0.25) is 0 Å². The fourth-order valence-corrected chi connectivity index (χ4v) is 1.80. The quantitative estimate of drug-likeness (QED) is 0.878. The van der Waals surface area contributed by atoms with E-state index in [0.29, 0.717) is 25.1 Å². The van der Waals surface area contributed by atoms with Gasteiger partial charge in [-0.15, -0.1) is 0 Å². The van der Waals surface area contributed by atoms with Gasteiger partial charge in [-0.2, -0.15) is 0 Å². The molecule has 0 spiro atoms. The minimum Gasteiger partial charge on any atom is -0.497 e. The van der Waals surface area contributed by atoms with Gasteiger partial charge in [0, 0.05) is 31.0 Å². The average Bonchev–Trinajstić information content (AvgIpc) is 2.96. The van der Waals surface area contributed by atoms with Crippen LogP contribution in [0, 0.1) is 0 Å². The number of amides is 1. The van der Waals surface area contributed by atoms with Crippen molar-refractivity contribution in [1.29, 1.82) is 0 Å². The summed E-state index contributed by atoms with van der Waals surface area (Å²) in [6, 6.07) is 9.49. The lowest BCUT2D eigenvalue weighted by atomic mass is 10.1. The van der Waals surface area contributed by atoms with Gasteiger partial charge in [-0.05, 0) is 12.1 Å². The number of benzene rings is 1. The molecule has 0 atom stereocenters. The van der Waals surface area contributed by atoms with Crippen LogP contribution < -0.4 is 10.1 Å². The molecule has 0 saturated heterocycles. The largest absolute Gasteiger partial charge is 0.497 e. The van der Waals surface area contributed by atoms with Gasteiger partial charge in [0.1, 0.15) is 5.75 Å². The fraction of sp³-hybridized carbons (Fsp3) is 0.333. The van der Waals surface area contributed by atoms with Crippen LogP contribution >= 0.6 is 0 Å². The average molecular weight is 274 g/mol. The van der Waals surface area contributed by atoms with Gasteiger partial charge in [0.15, 0.2) is 5.76 Å². The third-order valence-electron chi connectivity index (χ3n) is 2.94. The summed E-state index contributed by atoms with van der Waals surface area (Å²) < 4.78 is 10.5. The summed E-state index contributed by atoms with van der Waals surface area (Å²) in [5, 5.41) is 6.81. The number of ether oxygens (including phenoxy) is 1. The molecule has 0 unspecified atom stereocenters. The topological polar surface area (TPSA) is 64.4 Å². The van der Waals surface area contributed by atoms with Gasteiger partial charge >= 0.3 is 0 Å². The van der Waals surface area contributed by atoms with Gasteiger partial charge in [0.25, 0.3) is 0 Å². The Balaban J connectivity index is 1.99. The molecule has 20 heavy (non-hydrogen) atoms. The summed E-state index contributed by atoms with van der Waals surface area (Å²) in [5.74, 6) is 1.51. The van der Waals surface area contributed by atoms with Crippen molar-refractivity contribution in [3.05, 3.63) is 36.0 Å². The molecule has 0 bridgehead atoms. The van der Waals surface area contributed by atoms with Crippen molar-refractivity contribution >= 4 is 5.91 Å². The van der Waals surface area contributed by atoms with Crippen LogP contribution in [-0.4, -0.2) is 24.7 Å². The molecule has 1 amide bonds. The summed E-state index contributed by atoms with van der Waals surface area (Å²) >= 11 is 0. The molecule has 1 aromatic carbocycles. The molecule has 2 aromatic rings. The fourth-order valence-electron chi connectivity index (χ4n) is 1.80. The molecule has 0 fully saturated rings. The third-order valence-corrected chi connectivity index (χ3v) is 2.94. The van der Waals surface area contributed by atoms with E-state index >= 15 is 0 Å². The van der Waals surface area contributed by atoms with E-state index in [0.717, 1.165) is 17.0 Å². The van der Waals surface area contributed by atoms with Crippen LogP contribution in [0.25, 0.3) is 11.3 Å². The van der Waals surface area contributed by atoms with Gasteiger partial charge in [-0.1, -0.05) is 24.2 Å². The number of nitrogens with zero attached hydrogens (tertiary/aromatic N) is 1. The number of carbonyl (C=O) groups is 1. The van der Waals surface area contributed by atoms with Gasteiger partial charge in [-0.3, -0.25) is 4.79 Å². The van der Waals surface area contributed by atoms with Crippen molar-refractivity contribution in [1.82, 2.24) is 10.5 Å². The Bertz CT molecular complexity index is 578. The van der Waals surface area contributed by atoms with Gasteiger partial charge in [-0.25, -0.2) is 0 Å². The van der Waals surface area contributed by atoms with Crippen LogP contribution in [0.5, 0.6) is 5.75 Å². The molecule has 0 aliphatic heterocycles. The highest BCUT2D eigenvalue weighted by Gasteiger charge is 2.08. The highest BCUT2D eigenvalue weighted by atomic mass is 16.5. The number of carbonyl (C=O) groups excluding carboxylic acids is 1. The number of aromatic nitrogens is 1. The predicted molar refractivity (Wildman–Crippen MR) is 75.5 cm³/mol. The van der Waals surface area contributed by atoms with E-state index in [1.165, 1.54) is 0 Å². The second-order valence-electron chi connectivity index (χ2n) is 4.37. The van der Waals surface area contributed by atoms with Crippen LogP contribution in [0.4, 0.5) is 0 Å². The Hall–Kier alpha value is -2.30. The highest BCUT2D eigenvalue weighted by molar-refractivity contribution is 5.75. The molecule has 0 aliphatic rings. The van der Waals surface area contributed by atoms with E-state index in [9.17, 15) is 4.79 Å². The van der Waals surface area contributed by atoms with E-state index < -0.39 is 0 Å². The maximum absolute atomic E-state index is 11.1. The van der Waals surface area contributed by atoms with Crippen LogP contribution in [0.3, 0.4) is 0 Å². The number of methoxy groups -OCH3 is 1. The zero-order valence-electron chi connectivity index (χ0n) is 11.7. The van der Waals surface area contributed by atoms with Crippen LogP contribution in [0.15, 0.2) is 34.9 Å². The normalized spacial score (nSPS) is 10.3. The summed E-state index contributed by atoms with van der Waals surface area (Å²) in [5.41, 5.74) is 1.74. The molecule has 0 radical (unpaired) electrons. The molecule has 106 valence electrons. The third kappa shape index (κ3) is 3.60. The van der Waals surface area contributed by atoms with E-state index in [1.54, 1.807) is 7.11 Å². The minimum atomic E-state index is 0.0431. The van der Waals surface area contributed by atoms with E-state index in [2.05, 4.69) is 10.5 Å². The molecular formula is C15H18N2O3. The minimum absolute atomic E-state index is 0.0431. The molecule has 2 rings (SSSR count). The first-order chi connectivity index (χ1) is 9.72. The molecule has 1 heterocycles. The Labute approximate surface area is 117 Å². The zero-order chi connectivity index (χ0) is 14.4. The van der Waals surface area contributed by atoms with Crippen molar-refractivity contribution in [2.45, 2.75) is 19.8 Å². The first-order valence-electron chi connectivity index (χ1n) is 6.59. The summed E-state index contributed by atoms with van der Waals surface area (Å²) in [4.78, 5) is 11.1. The SMILES string of the molecule is CCC(=O)NCCc1cc(-c2cccc(OC)c2)on1. The molecule has 5 nitrogen and oxygen atoms in total. The lowest BCUT2D eigenvalue weighted by Gasteiger charge is -2.00. The second kappa shape index (κ2) is 6.75. The van der Waals surface area contributed by atoms with Crippen molar-refractivity contribution in [2.75, 3.05) is 13.7 Å². The van der Waals surface area contributed by atoms with Crippen molar-refractivity contribution in [3.63, 3.8) is 0 Å². The molecule has 0 aliphatic carbocycles. The Morgan fingerprint density at radius 1 is 1.40 bits per heavy atom. The number of hydrogen-bond donors (Lipinski definition) is 1. The first-order valence-corrected chi connectivity index (χ1v) is 6.59. The summed E-state index contributed by atoms with van der Waals surface area (Å²) in [7, 11) is 1.63. The van der Waals surface area contributed by atoms with Crippen molar-refractivity contribution < 1.29 is 14.1 Å². The lowest BCUT2D eigenvalue weighted by Crippen LogP contribution is -2.24. The molecule has 1 N–H and O–H groups in total. The summed E-state index contributed by atoms with van der Waals surface area (Å²) in [6.07, 6.45) is 1.15. The predicted octanol–water partition coefficient (Wildman–Crippen LogP) is 2.42. The molecule has 0 saturated carbocycles. The number of nitrogens with one attached hydrogen (secondary N) is 1. The maximum atomic E-state index is 11.1. The second-order valence-corrected chi connectivity index (χ2v) is 4.37. The molecule has 1 aromatic heterocycles. The number of hydrogen-bond acceptors (Lipinski definition) is 4. The summed E-state index contributed by atoms with van der Waals surface area (Å²) in [6.45, 7) is 2.39. The molecule has 5 heteroatoms. The van der Waals surface area contributed by atoms with E-state index in [1.807, 2.05) is 37.3 Å². The maximum Gasteiger partial charge on any atom is 0.219 e. The Morgan fingerprint density at radius 3 is 3.00 bits per heavy atom. The Kier molecular flexibility index (Phi) is 4.76. The van der Waals surface area contributed by atoms with Gasteiger partial charge in [0.05, 0.1) is 12.8 Å². The molecular weight excluding hydrogens is 256 g/mol. The Morgan fingerprint density at radius 2 is 2.25 bits per heavy atom. The number of rotatable bonds is 6.